The van der Waals surface area contributed by atoms with E-state index >= 15 is 0 Å². The molecule has 0 radical (unpaired) electrons. The Bertz CT molecular complexity index is 688. The number of benzene rings is 1. The summed E-state index contributed by atoms with van der Waals surface area (Å²) in [7, 11) is 0. The van der Waals surface area contributed by atoms with Gasteiger partial charge < -0.3 is 25.4 Å². The van der Waals surface area contributed by atoms with Gasteiger partial charge in [-0.25, -0.2) is 0 Å². The van der Waals surface area contributed by atoms with Crippen molar-refractivity contribution in [3.63, 3.8) is 0 Å². The minimum atomic E-state index is -0.933. The Morgan fingerprint density at radius 3 is 2.68 bits per heavy atom. The maximum atomic E-state index is 10.6. The fourth-order valence-electron chi connectivity index (χ4n) is 2.39. The van der Waals surface area contributed by atoms with Crippen LogP contribution in [-0.2, 0) is 0 Å². The highest BCUT2D eigenvalue weighted by molar-refractivity contribution is 5.51. The van der Waals surface area contributed by atoms with Gasteiger partial charge in [0.2, 0.25) is 11.8 Å². The normalized spacial score (nSPS) is 22.5. The molecule has 2 unspecified atom stereocenters. The minimum absolute atomic E-state index is 0.188. The van der Waals surface area contributed by atoms with Gasteiger partial charge in [0.1, 0.15) is 17.5 Å². The Morgan fingerprint density at radius 1 is 1.23 bits per heavy atom. The Morgan fingerprint density at radius 2 is 2.00 bits per heavy atom. The first kappa shape index (κ1) is 14.4. The molecule has 1 aromatic carbocycles. The van der Waals surface area contributed by atoms with Gasteiger partial charge >= 0.3 is 0 Å². The fraction of sp³-hybridized carbons (Fsp3) is 0.333. The van der Waals surface area contributed by atoms with E-state index in [9.17, 15) is 10.2 Å². The van der Waals surface area contributed by atoms with Gasteiger partial charge in [-0.3, -0.25) is 0 Å². The number of ether oxygens (including phenoxy) is 2. The number of aliphatic hydroxyl groups is 1. The van der Waals surface area contributed by atoms with Crippen LogP contribution in [0.4, 0.5) is 5.69 Å². The molecule has 2 heterocycles. The van der Waals surface area contributed by atoms with Crippen LogP contribution in [0, 0.1) is 0 Å². The maximum absolute atomic E-state index is 10.6. The SMILES string of the molecule is CC1(C)Oc2ccc(N)cc2C(Oc2ccc(O)nn2)C1O. The highest BCUT2D eigenvalue weighted by atomic mass is 16.5. The molecule has 0 amide bonds. The van der Waals surface area contributed by atoms with E-state index < -0.39 is 17.8 Å². The molecule has 4 N–H and O–H groups in total. The molecule has 0 bridgehead atoms. The lowest BCUT2D eigenvalue weighted by Crippen LogP contribution is -2.50. The van der Waals surface area contributed by atoms with E-state index in [0.29, 0.717) is 17.0 Å². The number of rotatable bonds is 2. The molecule has 0 saturated heterocycles. The molecular formula is C15H17N3O4. The molecule has 0 spiro atoms. The van der Waals surface area contributed by atoms with Crippen molar-refractivity contribution in [2.24, 2.45) is 0 Å². The van der Waals surface area contributed by atoms with E-state index in [1.165, 1.54) is 12.1 Å². The van der Waals surface area contributed by atoms with Gasteiger partial charge in [-0.1, -0.05) is 0 Å². The summed E-state index contributed by atoms with van der Waals surface area (Å²) in [4.78, 5) is 0. The van der Waals surface area contributed by atoms with Crippen LogP contribution in [0.5, 0.6) is 17.5 Å². The first-order chi connectivity index (χ1) is 10.4. The highest BCUT2D eigenvalue weighted by Crippen LogP contribution is 2.42. The van der Waals surface area contributed by atoms with Crippen LogP contribution >= 0.6 is 0 Å². The monoisotopic (exact) mass is 303 g/mol. The van der Waals surface area contributed by atoms with E-state index in [4.69, 9.17) is 15.2 Å². The summed E-state index contributed by atoms with van der Waals surface area (Å²) >= 11 is 0. The average Bonchev–Trinajstić information content (AvgIpc) is 2.47. The third-order valence-electron chi connectivity index (χ3n) is 3.59. The molecule has 1 aromatic heterocycles. The number of hydrogen-bond donors (Lipinski definition) is 3. The number of aromatic nitrogens is 2. The van der Waals surface area contributed by atoms with Gasteiger partial charge in [-0.2, -0.15) is 0 Å². The number of nitrogens with two attached hydrogens (primary N) is 1. The number of aliphatic hydroxyl groups excluding tert-OH is 1. The Balaban J connectivity index is 2.00. The summed E-state index contributed by atoms with van der Waals surface area (Å²) < 4.78 is 11.6. The van der Waals surface area contributed by atoms with Crippen LogP contribution in [0.2, 0.25) is 0 Å². The van der Waals surface area contributed by atoms with Gasteiger partial charge in [0, 0.05) is 23.4 Å². The molecule has 3 rings (SSSR count). The molecule has 7 nitrogen and oxygen atoms in total. The zero-order valence-electron chi connectivity index (χ0n) is 12.2. The topological polar surface area (TPSA) is 111 Å². The van der Waals surface area contributed by atoms with Gasteiger partial charge in [0.15, 0.2) is 6.10 Å². The molecule has 0 saturated carbocycles. The summed E-state index contributed by atoms with van der Waals surface area (Å²) in [5, 5.41) is 27.0. The molecule has 0 aliphatic carbocycles. The smallest absolute Gasteiger partial charge is 0.234 e. The molecule has 1 aliphatic rings. The molecule has 1 aliphatic heterocycles. The Kier molecular flexibility index (Phi) is 3.29. The number of anilines is 1. The standard InChI is InChI=1S/C15H17N3O4/c1-15(2)14(20)13(21-12-6-5-11(19)17-18-12)9-7-8(16)3-4-10(9)22-15/h3-7,13-14,20H,16H2,1-2H3,(H,17,19). The zero-order valence-corrected chi connectivity index (χ0v) is 12.2. The van der Waals surface area contributed by atoms with Crippen LogP contribution in [-0.4, -0.2) is 32.1 Å². The van der Waals surface area contributed by atoms with E-state index in [-0.39, 0.29) is 11.8 Å². The van der Waals surface area contributed by atoms with E-state index in [2.05, 4.69) is 10.2 Å². The molecule has 2 atom stereocenters. The van der Waals surface area contributed by atoms with E-state index in [1.807, 2.05) is 0 Å². The number of fused-ring (bicyclic) bond motifs is 1. The zero-order chi connectivity index (χ0) is 15.9. The largest absolute Gasteiger partial charge is 0.492 e. The highest BCUT2D eigenvalue weighted by Gasteiger charge is 2.44. The van der Waals surface area contributed by atoms with Crippen LogP contribution in [0.25, 0.3) is 0 Å². The Hall–Kier alpha value is -2.54. The second kappa shape index (κ2) is 5.03. The lowest BCUT2D eigenvalue weighted by atomic mass is 9.88. The van der Waals surface area contributed by atoms with Gasteiger partial charge in [0.25, 0.3) is 0 Å². The summed E-state index contributed by atoms with van der Waals surface area (Å²) in [6, 6.07) is 8.01. The second-order valence-electron chi connectivity index (χ2n) is 5.72. The number of nitrogens with zero attached hydrogens (tertiary/aromatic N) is 2. The van der Waals surface area contributed by atoms with Crippen molar-refractivity contribution >= 4 is 5.69 Å². The summed E-state index contributed by atoms with van der Waals surface area (Å²) in [5.41, 5.74) is 6.16. The first-order valence-electron chi connectivity index (χ1n) is 6.83. The van der Waals surface area contributed by atoms with Crippen molar-refractivity contribution in [1.29, 1.82) is 0 Å². The van der Waals surface area contributed by atoms with Crippen LogP contribution < -0.4 is 15.2 Å². The molecular weight excluding hydrogens is 286 g/mol. The third kappa shape index (κ3) is 2.50. The lowest BCUT2D eigenvalue weighted by molar-refractivity contribution is -0.104. The third-order valence-corrected chi connectivity index (χ3v) is 3.59. The number of hydrogen-bond acceptors (Lipinski definition) is 7. The number of nitrogen functional groups attached to an aromatic ring is 1. The van der Waals surface area contributed by atoms with E-state index in [0.717, 1.165) is 0 Å². The Labute approximate surface area is 127 Å². The summed E-state index contributed by atoms with van der Waals surface area (Å²) in [6.45, 7) is 3.55. The van der Waals surface area contributed by atoms with Crippen LogP contribution in [0.15, 0.2) is 30.3 Å². The van der Waals surface area contributed by atoms with Gasteiger partial charge in [-0.15, -0.1) is 10.2 Å². The fourth-order valence-corrected chi connectivity index (χ4v) is 2.39. The second-order valence-corrected chi connectivity index (χ2v) is 5.72. The number of aromatic hydroxyl groups is 1. The van der Waals surface area contributed by atoms with Gasteiger partial charge in [-0.05, 0) is 32.0 Å². The predicted octanol–water partition coefficient (Wildman–Crippen LogP) is 1.42. The van der Waals surface area contributed by atoms with Crippen molar-refractivity contribution in [3.8, 4) is 17.5 Å². The van der Waals surface area contributed by atoms with Crippen LogP contribution in [0.3, 0.4) is 0 Å². The molecule has 2 aromatic rings. The average molecular weight is 303 g/mol. The first-order valence-corrected chi connectivity index (χ1v) is 6.83. The van der Waals surface area contributed by atoms with Gasteiger partial charge in [0.05, 0.1) is 0 Å². The lowest BCUT2D eigenvalue weighted by Gasteiger charge is -2.41. The molecule has 0 fully saturated rings. The van der Waals surface area contributed by atoms with Crippen molar-refractivity contribution in [2.75, 3.05) is 5.73 Å². The quantitative estimate of drug-likeness (QED) is 0.719. The van der Waals surface area contributed by atoms with Crippen molar-refractivity contribution in [3.05, 3.63) is 35.9 Å². The van der Waals surface area contributed by atoms with Crippen molar-refractivity contribution < 1.29 is 19.7 Å². The predicted molar refractivity (Wildman–Crippen MR) is 78.6 cm³/mol. The van der Waals surface area contributed by atoms with Crippen molar-refractivity contribution in [2.45, 2.75) is 31.7 Å². The molecule has 116 valence electrons. The molecule has 22 heavy (non-hydrogen) atoms. The molecule has 7 heteroatoms. The summed E-state index contributed by atoms with van der Waals surface area (Å²) in [5.74, 6) is 0.582. The minimum Gasteiger partial charge on any atom is -0.492 e. The van der Waals surface area contributed by atoms with Crippen molar-refractivity contribution in [1.82, 2.24) is 10.2 Å². The maximum Gasteiger partial charge on any atom is 0.234 e. The van der Waals surface area contributed by atoms with E-state index in [1.54, 1.807) is 32.0 Å². The van der Waals surface area contributed by atoms with Crippen LogP contribution in [0.1, 0.15) is 25.5 Å². The summed E-state index contributed by atoms with van der Waals surface area (Å²) in [6.07, 6.45) is -1.64.